The Hall–Kier alpha value is -1.45. The number of carbonyl (C=O) groups is 1. The van der Waals surface area contributed by atoms with E-state index in [-0.39, 0.29) is 12.3 Å². The maximum absolute atomic E-state index is 12.5. The Morgan fingerprint density at radius 2 is 1.90 bits per heavy atom. The highest BCUT2D eigenvalue weighted by Gasteiger charge is 2.15. The molecule has 1 aromatic carbocycles. The van der Waals surface area contributed by atoms with Crippen molar-refractivity contribution in [2.24, 2.45) is 0 Å². The first kappa shape index (κ1) is 22.2. The molecular weight excluding hydrogens is 449 g/mol. The lowest BCUT2D eigenvalue weighted by Crippen LogP contribution is -2.16. The summed E-state index contributed by atoms with van der Waals surface area (Å²) in [5.74, 6) is -0.139. The number of rotatable bonds is 9. The third-order valence-electron chi connectivity index (χ3n) is 4.16. The molecule has 0 fully saturated rings. The topological polar surface area (TPSA) is 70.2 Å². The van der Waals surface area contributed by atoms with Gasteiger partial charge in [0.2, 0.25) is 5.91 Å². The Bertz CT molecular complexity index is 963. The van der Waals surface area contributed by atoms with Crippen LogP contribution in [0, 0.1) is 0 Å². The second-order valence-electron chi connectivity index (χ2n) is 6.80. The molecule has 0 aliphatic heterocycles. The second kappa shape index (κ2) is 10.0. The molecule has 10 heteroatoms. The Morgan fingerprint density at radius 3 is 2.62 bits per heavy atom. The lowest BCUT2D eigenvalue weighted by molar-refractivity contribution is -0.115. The summed E-state index contributed by atoms with van der Waals surface area (Å²) < 4.78 is 0.877. The van der Waals surface area contributed by atoms with E-state index in [2.05, 4.69) is 46.5 Å². The van der Waals surface area contributed by atoms with Gasteiger partial charge in [0.1, 0.15) is 0 Å². The van der Waals surface area contributed by atoms with Crippen LogP contribution in [-0.4, -0.2) is 48.0 Å². The first-order valence-electron chi connectivity index (χ1n) is 9.28. The highest BCUT2D eigenvalue weighted by molar-refractivity contribution is 7.22. The number of fused-ring (bicyclic) bond motifs is 1. The molecule has 1 amide bonds. The van der Waals surface area contributed by atoms with Crippen LogP contribution in [0.3, 0.4) is 0 Å². The van der Waals surface area contributed by atoms with Crippen LogP contribution >= 0.6 is 45.9 Å². The van der Waals surface area contributed by atoms with Crippen LogP contribution in [-0.2, 0) is 17.6 Å². The minimum absolute atomic E-state index is 0.139. The van der Waals surface area contributed by atoms with Gasteiger partial charge in [-0.05, 0) is 45.6 Å². The number of carbonyl (C=O) groups excluding carboxylic acids is 1. The van der Waals surface area contributed by atoms with Gasteiger partial charge in [0.15, 0.2) is 10.3 Å². The molecule has 0 atom stereocenters. The maximum atomic E-state index is 12.5. The molecule has 2 N–H and O–H groups in total. The summed E-state index contributed by atoms with van der Waals surface area (Å²) in [5.41, 5.74) is 1.53. The molecule has 156 valence electrons. The Kier molecular flexibility index (Phi) is 7.70. The molecule has 0 bridgehead atoms. The van der Waals surface area contributed by atoms with Gasteiger partial charge in [-0.25, -0.2) is 9.97 Å². The standard InChI is InChI=1S/C19H23Cl2N5OS2/c1-4-15-14(23-18(28-15)22-6-5-7-26(2)3)10-17(27)25-19-24-13-8-11(20)12(21)9-16(13)29-19/h8-9H,4-7,10H2,1-3H3,(H,22,23)(H,24,25,27). The molecule has 0 saturated heterocycles. The van der Waals surface area contributed by atoms with Crippen molar-refractivity contribution in [1.82, 2.24) is 14.9 Å². The molecule has 3 aromatic rings. The summed E-state index contributed by atoms with van der Waals surface area (Å²) >= 11 is 15.1. The van der Waals surface area contributed by atoms with Crippen LogP contribution in [0.15, 0.2) is 12.1 Å². The van der Waals surface area contributed by atoms with E-state index in [1.54, 1.807) is 23.5 Å². The third kappa shape index (κ3) is 6.02. The van der Waals surface area contributed by atoms with Crippen molar-refractivity contribution >= 4 is 72.3 Å². The van der Waals surface area contributed by atoms with Gasteiger partial charge >= 0.3 is 0 Å². The number of amides is 1. The van der Waals surface area contributed by atoms with Gasteiger partial charge in [0, 0.05) is 11.4 Å². The molecule has 2 heterocycles. The number of halogens is 2. The summed E-state index contributed by atoms with van der Waals surface area (Å²) in [6, 6.07) is 3.46. The quantitative estimate of drug-likeness (QED) is 0.421. The van der Waals surface area contributed by atoms with Crippen molar-refractivity contribution < 1.29 is 4.79 Å². The normalized spacial score (nSPS) is 11.4. The minimum atomic E-state index is -0.139. The lowest BCUT2D eigenvalue weighted by Gasteiger charge is -2.08. The number of aryl methyl sites for hydroxylation is 1. The molecular formula is C19H23Cl2N5OS2. The molecule has 3 rings (SSSR count). The number of aromatic nitrogens is 2. The molecule has 2 aromatic heterocycles. The predicted molar refractivity (Wildman–Crippen MR) is 125 cm³/mol. The van der Waals surface area contributed by atoms with E-state index in [4.69, 9.17) is 23.2 Å². The molecule has 0 saturated carbocycles. The minimum Gasteiger partial charge on any atom is -0.361 e. The van der Waals surface area contributed by atoms with Crippen LogP contribution in [0.4, 0.5) is 10.3 Å². The van der Waals surface area contributed by atoms with E-state index in [0.29, 0.717) is 20.7 Å². The van der Waals surface area contributed by atoms with Crippen molar-refractivity contribution in [3.63, 3.8) is 0 Å². The summed E-state index contributed by atoms with van der Waals surface area (Å²) in [4.78, 5) is 24.9. The van der Waals surface area contributed by atoms with Gasteiger partial charge in [-0.1, -0.05) is 41.5 Å². The Morgan fingerprint density at radius 1 is 1.14 bits per heavy atom. The number of anilines is 2. The van der Waals surface area contributed by atoms with E-state index in [1.165, 1.54) is 11.3 Å². The summed E-state index contributed by atoms with van der Waals surface area (Å²) in [5, 5.41) is 8.54. The number of benzene rings is 1. The van der Waals surface area contributed by atoms with E-state index in [1.807, 2.05) is 0 Å². The van der Waals surface area contributed by atoms with Crippen LogP contribution in [0.5, 0.6) is 0 Å². The first-order chi connectivity index (χ1) is 13.9. The molecule has 0 aliphatic carbocycles. The van der Waals surface area contributed by atoms with E-state index in [9.17, 15) is 4.79 Å². The zero-order valence-electron chi connectivity index (χ0n) is 16.5. The average Bonchev–Trinajstić information content (AvgIpc) is 3.21. The molecule has 29 heavy (non-hydrogen) atoms. The maximum Gasteiger partial charge on any atom is 0.232 e. The second-order valence-corrected chi connectivity index (χ2v) is 9.73. The summed E-state index contributed by atoms with van der Waals surface area (Å²) in [6.07, 6.45) is 2.10. The fraction of sp³-hybridized carbons (Fsp3) is 0.421. The molecule has 0 aliphatic rings. The molecule has 6 nitrogen and oxygen atoms in total. The van der Waals surface area contributed by atoms with E-state index < -0.39 is 0 Å². The Balaban J connectivity index is 1.62. The third-order valence-corrected chi connectivity index (χ3v) is 7.02. The van der Waals surface area contributed by atoms with Crippen molar-refractivity contribution in [3.05, 3.63) is 32.7 Å². The van der Waals surface area contributed by atoms with Crippen LogP contribution < -0.4 is 10.6 Å². The van der Waals surface area contributed by atoms with Crippen molar-refractivity contribution in [3.8, 4) is 0 Å². The van der Waals surface area contributed by atoms with Crippen molar-refractivity contribution in [2.45, 2.75) is 26.2 Å². The zero-order chi connectivity index (χ0) is 21.0. The summed E-state index contributed by atoms with van der Waals surface area (Å²) in [7, 11) is 4.12. The van der Waals surface area contributed by atoms with Gasteiger partial charge in [-0.3, -0.25) is 4.79 Å². The average molecular weight is 472 g/mol. The van der Waals surface area contributed by atoms with Crippen LogP contribution in [0.25, 0.3) is 10.2 Å². The van der Waals surface area contributed by atoms with E-state index in [0.717, 1.165) is 46.3 Å². The molecule has 0 unspecified atom stereocenters. The van der Waals surface area contributed by atoms with E-state index >= 15 is 0 Å². The van der Waals surface area contributed by atoms with Crippen LogP contribution in [0.1, 0.15) is 23.9 Å². The SMILES string of the molecule is CCc1sc(NCCCN(C)C)nc1CC(=O)Nc1nc2cc(Cl)c(Cl)cc2s1. The van der Waals surface area contributed by atoms with Gasteiger partial charge in [-0.15, -0.1) is 11.3 Å². The monoisotopic (exact) mass is 471 g/mol. The number of nitrogens with zero attached hydrogens (tertiary/aromatic N) is 3. The number of nitrogens with one attached hydrogen (secondary N) is 2. The van der Waals surface area contributed by atoms with Crippen molar-refractivity contribution in [2.75, 3.05) is 37.8 Å². The zero-order valence-corrected chi connectivity index (χ0v) is 19.7. The highest BCUT2D eigenvalue weighted by Crippen LogP contribution is 2.33. The highest BCUT2D eigenvalue weighted by atomic mass is 35.5. The number of hydrogen-bond donors (Lipinski definition) is 2. The molecule has 0 radical (unpaired) electrons. The Labute approximate surface area is 188 Å². The van der Waals surface area contributed by atoms with Gasteiger partial charge < -0.3 is 15.5 Å². The van der Waals surface area contributed by atoms with Gasteiger partial charge in [-0.2, -0.15) is 0 Å². The predicted octanol–water partition coefficient (Wildman–Crippen LogP) is 5.17. The lowest BCUT2D eigenvalue weighted by atomic mass is 10.2. The fourth-order valence-corrected chi connectivity index (χ4v) is 4.99. The fourth-order valence-electron chi connectivity index (χ4n) is 2.76. The first-order valence-corrected chi connectivity index (χ1v) is 11.7. The summed E-state index contributed by atoms with van der Waals surface area (Å²) in [6.45, 7) is 3.95. The van der Waals surface area contributed by atoms with Crippen molar-refractivity contribution in [1.29, 1.82) is 0 Å². The van der Waals surface area contributed by atoms with Gasteiger partial charge in [0.05, 0.1) is 32.4 Å². The van der Waals surface area contributed by atoms with Gasteiger partial charge in [0.25, 0.3) is 0 Å². The molecule has 0 spiro atoms. The van der Waals surface area contributed by atoms with Crippen LogP contribution in [0.2, 0.25) is 10.0 Å². The number of thiazole rings is 2. The smallest absolute Gasteiger partial charge is 0.232 e. The number of hydrogen-bond acceptors (Lipinski definition) is 7. The largest absolute Gasteiger partial charge is 0.361 e.